The first-order valence-corrected chi connectivity index (χ1v) is 5.44. The summed E-state index contributed by atoms with van der Waals surface area (Å²) >= 11 is 0. The van der Waals surface area contributed by atoms with Gasteiger partial charge in [-0.2, -0.15) is 18.4 Å². The summed E-state index contributed by atoms with van der Waals surface area (Å²) < 4.78 is 51.6. The predicted octanol–water partition coefficient (Wildman–Crippen LogP) is 3.60. The molecule has 1 aromatic rings. The summed E-state index contributed by atoms with van der Waals surface area (Å²) in [4.78, 5) is 3.86. The first-order chi connectivity index (χ1) is 8.91. The SMILES string of the molecule is N#CC1=NCCC(c2ccc(F)cc2C(F)(F)F)=C1. The third-order valence-corrected chi connectivity index (χ3v) is 2.72. The monoisotopic (exact) mass is 268 g/mol. The van der Waals surface area contributed by atoms with Gasteiger partial charge in [-0.05, 0) is 35.8 Å². The molecule has 98 valence electrons. The maximum absolute atomic E-state index is 13.0. The highest BCUT2D eigenvalue weighted by molar-refractivity contribution is 6.11. The topological polar surface area (TPSA) is 36.1 Å². The van der Waals surface area contributed by atoms with Gasteiger partial charge in [-0.1, -0.05) is 6.07 Å². The second-order valence-corrected chi connectivity index (χ2v) is 3.99. The Morgan fingerprint density at radius 2 is 2.00 bits per heavy atom. The van der Waals surface area contributed by atoms with Crippen LogP contribution >= 0.6 is 0 Å². The van der Waals surface area contributed by atoms with Gasteiger partial charge in [0.2, 0.25) is 0 Å². The number of nitriles is 1. The number of dihydropyridines is 1. The third-order valence-electron chi connectivity index (χ3n) is 2.72. The lowest BCUT2D eigenvalue weighted by molar-refractivity contribution is -0.138. The molecule has 0 N–H and O–H groups in total. The Morgan fingerprint density at radius 1 is 1.26 bits per heavy atom. The van der Waals surface area contributed by atoms with Crippen LogP contribution in [-0.2, 0) is 6.18 Å². The summed E-state index contributed by atoms with van der Waals surface area (Å²) in [5, 5.41) is 8.72. The summed E-state index contributed by atoms with van der Waals surface area (Å²) in [7, 11) is 0. The first-order valence-electron chi connectivity index (χ1n) is 5.44. The quantitative estimate of drug-likeness (QED) is 0.717. The largest absolute Gasteiger partial charge is 0.417 e. The van der Waals surface area contributed by atoms with E-state index in [2.05, 4.69) is 4.99 Å². The van der Waals surface area contributed by atoms with Crippen molar-refractivity contribution in [3.05, 3.63) is 41.2 Å². The third kappa shape index (κ3) is 2.81. The van der Waals surface area contributed by atoms with E-state index in [-0.39, 0.29) is 17.8 Å². The molecule has 19 heavy (non-hydrogen) atoms. The number of hydrogen-bond acceptors (Lipinski definition) is 2. The van der Waals surface area contributed by atoms with Gasteiger partial charge in [-0.15, -0.1) is 0 Å². The second-order valence-electron chi connectivity index (χ2n) is 3.99. The molecule has 0 fully saturated rings. The molecule has 2 nitrogen and oxygen atoms in total. The number of nitrogens with zero attached hydrogens (tertiary/aromatic N) is 2. The van der Waals surface area contributed by atoms with Gasteiger partial charge >= 0.3 is 6.18 Å². The van der Waals surface area contributed by atoms with Crippen molar-refractivity contribution in [2.75, 3.05) is 6.54 Å². The maximum atomic E-state index is 13.0. The summed E-state index contributed by atoms with van der Waals surface area (Å²) in [5.74, 6) is -0.943. The smallest absolute Gasteiger partial charge is 0.274 e. The predicted molar refractivity (Wildman–Crippen MR) is 61.9 cm³/mol. The summed E-state index contributed by atoms with van der Waals surface area (Å²) in [6.07, 6.45) is -3.04. The fourth-order valence-corrected chi connectivity index (χ4v) is 1.89. The molecular weight excluding hydrogens is 260 g/mol. The Kier molecular flexibility index (Phi) is 3.38. The van der Waals surface area contributed by atoms with Crippen molar-refractivity contribution in [2.45, 2.75) is 12.6 Å². The lowest BCUT2D eigenvalue weighted by Crippen LogP contribution is -2.11. The normalized spacial score (nSPS) is 15.5. The van der Waals surface area contributed by atoms with Crippen molar-refractivity contribution < 1.29 is 17.6 Å². The van der Waals surface area contributed by atoms with E-state index in [1.807, 2.05) is 0 Å². The molecule has 0 aromatic heterocycles. The number of aliphatic imine (C=N–C) groups is 1. The van der Waals surface area contributed by atoms with Crippen LogP contribution in [0.1, 0.15) is 17.5 Å². The van der Waals surface area contributed by atoms with E-state index in [4.69, 9.17) is 5.26 Å². The molecule has 0 spiro atoms. The minimum atomic E-state index is -4.64. The highest BCUT2D eigenvalue weighted by Crippen LogP contribution is 2.36. The van der Waals surface area contributed by atoms with Crippen molar-refractivity contribution in [1.82, 2.24) is 0 Å². The molecule has 0 atom stereocenters. The molecule has 1 aliphatic heterocycles. The molecule has 0 saturated carbocycles. The Labute approximate surface area is 106 Å². The molecule has 0 aliphatic carbocycles. The van der Waals surface area contributed by atoms with Crippen molar-refractivity contribution in [3.8, 4) is 6.07 Å². The minimum Gasteiger partial charge on any atom is -0.274 e. The standard InChI is InChI=1S/C13H8F4N2/c14-9-1-2-11(12(6-9)13(15,16)17)8-3-4-19-10(5-8)7-18/h1-2,5-6H,3-4H2. The van der Waals surface area contributed by atoms with Gasteiger partial charge < -0.3 is 0 Å². The van der Waals surface area contributed by atoms with E-state index in [0.717, 1.165) is 12.1 Å². The Balaban J connectivity index is 2.55. The van der Waals surface area contributed by atoms with Crippen LogP contribution in [0.25, 0.3) is 5.57 Å². The van der Waals surface area contributed by atoms with Gasteiger partial charge in [-0.3, -0.25) is 4.99 Å². The van der Waals surface area contributed by atoms with Crippen LogP contribution < -0.4 is 0 Å². The first kappa shape index (κ1) is 13.3. The zero-order valence-corrected chi connectivity index (χ0v) is 9.63. The zero-order valence-electron chi connectivity index (χ0n) is 9.63. The Bertz CT molecular complexity index is 606. The highest BCUT2D eigenvalue weighted by atomic mass is 19.4. The van der Waals surface area contributed by atoms with Gasteiger partial charge in [0.15, 0.2) is 0 Å². The molecule has 1 aliphatic rings. The van der Waals surface area contributed by atoms with Crippen LogP contribution in [0.3, 0.4) is 0 Å². The second kappa shape index (κ2) is 4.84. The van der Waals surface area contributed by atoms with Crippen LogP contribution in [0.5, 0.6) is 0 Å². The lowest BCUT2D eigenvalue weighted by Gasteiger charge is -2.17. The number of benzene rings is 1. The van der Waals surface area contributed by atoms with E-state index < -0.39 is 17.6 Å². The highest BCUT2D eigenvalue weighted by Gasteiger charge is 2.34. The maximum Gasteiger partial charge on any atom is 0.417 e. The number of hydrogen-bond donors (Lipinski definition) is 0. The van der Waals surface area contributed by atoms with Crippen molar-refractivity contribution >= 4 is 11.3 Å². The lowest BCUT2D eigenvalue weighted by atomic mass is 9.94. The van der Waals surface area contributed by atoms with Crippen LogP contribution in [0.15, 0.2) is 29.3 Å². The van der Waals surface area contributed by atoms with Crippen LogP contribution in [0, 0.1) is 17.1 Å². The Morgan fingerprint density at radius 3 is 2.63 bits per heavy atom. The van der Waals surface area contributed by atoms with Crippen LogP contribution in [-0.4, -0.2) is 12.3 Å². The minimum absolute atomic E-state index is 0.0821. The zero-order chi connectivity index (χ0) is 14.0. The molecule has 0 unspecified atom stereocenters. The van der Waals surface area contributed by atoms with Gasteiger partial charge in [0, 0.05) is 6.54 Å². The summed E-state index contributed by atoms with van der Waals surface area (Å²) in [5.41, 5.74) is -0.702. The van der Waals surface area contributed by atoms with E-state index in [1.165, 1.54) is 6.08 Å². The molecule has 1 heterocycles. The van der Waals surface area contributed by atoms with Gasteiger partial charge in [0.25, 0.3) is 0 Å². The Hall–Kier alpha value is -2.16. The summed E-state index contributed by atoms with van der Waals surface area (Å²) in [6, 6.07) is 4.32. The molecule has 2 rings (SSSR count). The molecule has 6 heteroatoms. The van der Waals surface area contributed by atoms with Crippen molar-refractivity contribution in [2.24, 2.45) is 4.99 Å². The van der Waals surface area contributed by atoms with E-state index >= 15 is 0 Å². The molecule has 0 bridgehead atoms. The van der Waals surface area contributed by atoms with Gasteiger partial charge in [-0.25, -0.2) is 4.39 Å². The van der Waals surface area contributed by atoms with E-state index in [9.17, 15) is 17.6 Å². The molecule has 0 saturated heterocycles. The number of rotatable bonds is 1. The van der Waals surface area contributed by atoms with Crippen LogP contribution in [0.2, 0.25) is 0 Å². The van der Waals surface area contributed by atoms with Crippen molar-refractivity contribution in [1.29, 1.82) is 5.26 Å². The number of allylic oxidation sites excluding steroid dienone is 1. The van der Waals surface area contributed by atoms with E-state index in [0.29, 0.717) is 18.1 Å². The number of halogens is 4. The van der Waals surface area contributed by atoms with E-state index in [1.54, 1.807) is 6.07 Å². The average Bonchev–Trinajstić information content (AvgIpc) is 2.37. The fourth-order valence-electron chi connectivity index (χ4n) is 1.89. The molecular formula is C13H8F4N2. The molecule has 0 radical (unpaired) electrons. The molecule has 0 amide bonds. The van der Waals surface area contributed by atoms with Gasteiger partial charge in [0.05, 0.1) is 5.56 Å². The average molecular weight is 268 g/mol. The summed E-state index contributed by atoms with van der Waals surface area (Å²) in [6.45, 7) is 0.253. The molecule has 1 aromatic carbocycles. The fraction of sp³-hybridized carbons (Fsp3) is 0.231. The van der Waals surface area contributed by atoms with Gasteiger partial charge in [0.1, 0.15) is 17.6 Å². The van der Waals surface area contributed by atoms with Crippen molar-refractivity contribution in [3.63, 3.8) is 0 Å². The van der Waals surface area contributed by atoms with Crippen LogP contribution in [0.4, 0.5) is 17.6 Å². The number of alkyl halides is 3.